The molecule has 0 unspecified atom stereocenters. The number of ether oxygens (including phenoxy) is 1. The zero-order chi connectivity index (χ0) is 16.1. The number of rotatable bonds is 6. The van der Waals surface area contributed by atoms with Crippen molar-refractivity contribution in [3.63, 3.8) is 0 Å². The van der Waals surface area contributed by atoms with Gasteiger partial charge in [-0.1, -0.05) is 0 Å². The minimum atomic E-state index is -0.327. The summed E-state index contributed by atoms with van der Waals surface area (Å²) in [7, 11) is 1.39. The normalized spacial score (nSPS) is 14.1. The third kappa shape index (κ3) is 5.05. The highest BCUT2D eigenvalue weighted by Crippen LogP contribution is 2.40. The van der Waals surface area contributed by atoms with Gasteiger partial charge in [-0.25, -0.2) is 9.79 Å². The first-order chi connectivity index (χ1) is 10.6. The van der Waals surface area contributed by atoms with Gasteiger partial charge < -0.3 is 15.4 Å². The van der Waals surface area contributed by atoms with Gasteiger partial charge in [0.15, 0.2) is 5.96 Å². The van der Waals surface area contributed by atoms with Crippen molar-refractivity contribution in [2.24, 2.45) is 10.7 Å². The van der Waals surface area contributed by atoms with E-state index in [9.17, 15) is 4.79 Å². The summed E-state index contributed by atoms with van der Waals surface area (Å²) in [5.74, 6) is 0.571. The number of halogens is 1. The molecule has 0 saturated heterocycles. The van der Waals surface area contributed by atoms with Gasteiger partial charge in [0.2, 0.25) is 0 Å². The second-order valence-electron chi connectivity index (χ2n) is 5.35. The van der Waals surface area contributed by atoms with E-state index in [4.69, 9.17) is 10.5 Å². The third-order valence-electron chi connectivity index (χ3n) is 3.84. The molecule has 0 amide bonds. The third-order valence-corrected chi connectivity index (χ3v) is 3.84. The van der Waals surface area contributed by atoms with Gasteiger partial charge in [0.1, 0.15) is 0 Å². The monoisotopic (exact) mass is 432 g/mol. The Morgan fingerprint density at radius 3 is 2.57 bits per heavy atom. The molecule has 7 heteroatoms. The lowest BCUT2D eigenvalue weighted by molar-refractivity contribution is 0.0598. The Bertz CT molecular complexity index is 569. The molecule has 0 aliphatic heterocycles. The van der Waals surface area contributed by atoms with Crippen molar-refractivity contribution >= 4 is 35.9 Å². The Kier molecular flexibility index (Phi) is 7.74. The van der Waals surface area contributed by atoms with Crippen molar-refractivity contribution in [2.45, 2.75) is 39.2 Å². The lowest BCUT2D eigenvalue weighted by Crippen LogP contribution is -2.37. The van der Waals surface area contributed by atoms with Gasteiger partial charge in [-0.15, -0.1) is 24.0 Å². The average molecular weight is 432 g/mol. The second-order valence-corrected chi connectivity index (χ2v) is 5.35. The highest BCUT2D eigenvalue weighted by Gasteiger charge is 2.30. The molecule has 1 aliphatic carbocycles. The largest absolute Gasteiger partial charge is 0.465 e. The molecule has 1 aliphatic rings. The number of nitrogens with two attached hydrogens (primary N) is 1. The van der Waals surface area contributed by atoms with Crippen molar-refractivity contribution in [1.82, 2.24) is 9.88 Å². The molecule has 0 bridgehead atoms. The van der Waals surface area contributed by atoms with Crippen LogP contribution in [0.15, 0.2) is 17.1 Å². The van der Waals surface area contributed by atoms with Gasteiger partial charge in [-0.2, -0.15) is 0 Å². The number of hydrogen-bond acceptors (Lipinski definition) is 4. The van der Waals surface area contributed by atoms with Crippen LogP contribution in [0.5, 0.6) is 0 Å². The Balaban J connectivity index is 0.00000264. The number of guanidine groups is 1. The molecule has 0 aromatic carbocycles. The topological polar surface area (TPSA) is 80.8 Å². The van der Waals surface area contributed by atoms with Gasteiger partial charge >= 0.3 is 5.97 Å². The molecule has 6 nitrogen and oxygen atoms in total. The van der Waals surface area contributed by atoms with Crippen LogP contribution in [-0.2, 0) is 11.3 Å². The number of esters is 1. The maximum atomic E-state index is 11.8. The van der Waals surface area contributed by atoms with Gasteiger partial charge in [-0.3, -0.25) is 4.98 Å². The first kappa shape index (κ1) is 19.7. The molecular formula is C16H25IN4O2. The Morgan fingerprint density at radius 2 is 2.04 bits per heavy atom. The summed E-state index contributed by atoms with van der Waals surface area (Å²) in [4.78, 5) is 22.8. The van der Waals surface area contributed by atoms with Crippen LogP contribution in [0.3, 0.4) is 0 Å². The second kappa shape index (κ2) is 9.05. The minimum absolute atomic E-state index is 0. The van der Waals surface area contributed by atoms with Crippen LogP contribution in [0.1, 0.15) is 54.4 Å². The summed E-state index contributed by atoms with van der Waals surface area (Å²) in [6.07, 6.45) is 2.15. The molecule has 1 saturated carbocycles. The summed E-state index contributed by atoms with van der Waals surface area (Å²) >= 11 is 0. The lowest BCUT2D eigenvalue weighted by Gasteiger charge is -2.19. The van der Waals surface area contributed by atoms with Crippen molar-refractivity contribution in [1.29, 1.82) is 0 Å². The smallest absolute Gasteiger partial charge is 0.339 e. The molecule has 0 atom stereocenters. The fourth-order valence-electron chi connectivity index (χ4n) is 2.37. The molecule has 2 N–H and O–H groups in total. The fraction of sp³-hybridized carbons (Fsp3) is 0.562. The Labute approximate surface area is 154 Å². The number of aromatic nitrogens is 1. The highest BCUT2D eigenvalue weighted by atomic mass is 127. The molecule has 1 aromatic heterocycles. The minimum Gasteiger partial charge on any atom is -0.465 e. The molecule has 128 valence electrons. The van der Waals surface area contributed by atoms with Crippen molar-refractivity contribution in [2.75, 3.05) is 20.2 Å². The van der Waals surface area contributed by atoms with Gasteiger partial charge in [0.05, 0.1) is 30.6 Å². The zero-order valence-electron chi connectivity index (χ0n) is 13.9. The molecule has 0 spiro atoms. The van der Waals surface area contributed by atoms with E-state index in [1.54, 1.807) is 6.07 Å². The van der Waals surface area contributed by atoms with E-state index in [2.05, 4.69) is 9.98 Å². The van der Waals surface area contributed by atoms with Crippen LogP contribution in [0.25, 0.3) is 0 Å². The standard InChI is InChI=1S/C16H24N4O2.HI/c1-4-20(5-2)16(17)18-10-12-8-9-13(15(21)22-3)14(19-12)11-6-7-11;/h8-9,11H,4-7,10H2,1-3H3,(H2,17,18);1H. The summed E-state index contributed by atoms with van der Waals surface area (Å²) in [5.41, 5.74) is 8.19. The molecule has 2 rings (SSSR count). The molecule has 23 heavy (non-hydrogen) atoms. The number of carbonyl (C=O) groups is 1. The van der Waals surface area contributed by atoms with Crippen LogP contribution in [0.4, 0.5) is 0 Å². The molecule has 1 heterocycles. The van der Waals surface area contributed by atoms with E-state index in [0.717, 1.165) is 37.3 Å². The van der Waals surface area contributed by atoms with Crippen molar-refractivity contribution in [3.05, 3.63) is 29.1 Å². The van der Waals surface area contributed by atoms with Crippen LogP contribution >= 0.6 is 24.0 Å². The van der Waals surface area contributed by atoms with Crippen LogP contribution in [0, 0.1) is 0 Å². The number of pyridine rings is 1. The molecular weight excluding hydrogens is 407 g/mol. The molecule has 1 fully saturated rings. The lowest BCUT2D eigenvalue weighted by atomic mass is 10.1. The van der Waals surface area contributed by atoms with E-state index in [1.165, 1.54) is 7.11 Å². The summed E-state index contributed by atoms with van der Waals surface area (Å²) < 4.78 is 4.82. The van der Waals surface area contributed by atoms with Crippen LogP contribution in [0.2, 0.25) is 0 Å². The number of methoxy groups -OCH3 is 1. The Hall–Kier alpha value is -1.38. The number of aliphatic imine (C=N–C) groups is 1. The van der Waals surface area contributed by atoms with Gasteiger partial charge in [0, 0.05) is 19.0 Å². The maximum absolute atomic E-state index is 11.8. The Morgan fingerprint density at radius 1 is 1.39 bits per heavy atom. The van der Waals surface area contributed by atoms with E-state index >= 15 is 0 Å². The predicted octanol–water partition coefficient (Wildman–Crippen LogP) is 2.52. The first-order valence-corrected chi connectivity index (χ1v) is 7.73. The molecule has 1 aromatic rings. The summed E-state index contributed by atoms with van der Waals surface area (Å²) in [6, 6.07) is 3.60. The van der Waals surface area contributed by atoms with E-state index in [0.29, 0.717) is 24.0 Å². The number of carbonyl (C=O) groups excluding carboxylic acids is 1. The van der Waals surface area contributed by atoms with E-state index < -0.39 is 0 Å². The highest BCUT2D eigenvalue weighted by molar-refractivity contribution is 14.0. The number of nitrogens with zero attached hydrogens (tertiary/aromatic N) is 3. The first-order valence-electron chi connectivity index (χ1n) is 7.73. The zero-order valence-corrected chi connectivity index (χ0v) is 16.2. The van der Waals surface area contributed by atoms with Crippen molar-refractivity contribution < 1.29 is 9.53 Å². The number of hydrogen-bond donors (Lipinski definition) is 1. The maximum Gasteiger partial charge on any atom is 0.339 e. The average Bonchev–Trinajstić information content (AvgIpc) is 3.38. The van der Waals surface area contributed by atoms with Gasteiger partial charge in [0.25, 0.3) is 0 Å². The van der Waals surface area contributed by atoms with Gasteiger partial charge in [-0.05, 0) is 38.8 Å². The van der Waals surface area contributed by atoms with E-state index in [-0.39, 0.29) is 29.9 Å². The molecule has 0 radical (unpaired) electrons. The summed E-state index contributed by atoms with van der Waals surface area (Å²) in [5, 5.41) is 0. The SMILES string of the molecule is CCN(CC)C(N)=NCc1ccc(C(=O)OC)c(C2CC2)n1.I. The predicted molar refractivity (Wildman–Crippen MR) is 101 cm³/mol. The van der Waals surface area contributed by atoms with Crippen molar-refractivity contribution in [3.8, 4) is 0 Å². The quantitative estimate of drug-likeness (QED) is 0.324. The van der Waals surface area contributed by atoms with Crippen LogP contribution < -0.4 is 5.73 Å². The fourth-order valence-corrected chi connectivity index (χ4v) is 2.37. The van der Waals surface area contributed by atoms with E-state index in [1.807, 2.05) is 24.8 Å². The summed E-state index contributed by atoms with van der Waals surface area (Å²) in [6.45, 7) is 6.16. The van der Waals surface area contributed by atoms with Crippen LogP contribution in [-0.4, -0.2) is 42.0 Å².